The second-order valence-corrected chi connectivity index (χ2v) is 8.01. The van der Waals surface area contributed by atoms with Crippen LogP contribution >= 0.6 is 15.9 Å². The zero-order valence-corrected chi connectivity index (χ0v) is 16.9. The number of hydrogen-bond donors (Lipinski definition) is 0. The molecule has 6 nitrogen and oxygen atoms in total. The third kappa shape index (κ3) is 3.71. The van der Waals surface area contributed by atoms with E-state index in [9.17, 15) is 9.59 Å². The van der Waals surface area contributed by atoms with Gasteiger partial charge < -0.3 is 14.5 Å². The number of ketones is 1. The van der Waals surface area contributed by atoms with Crippen LogP contribution in [0.2, 0.25) is 0 Å². The molecule has 1 atom stereocenters. The van der Waals surface area contributed by atoms with E-state index in [0.29, 0.717) is 37.8 Å². The summed E-state index contributed by atoms with van der Waals surface area (Å²) in [6, 6.07) is 6.03. The number of benzene rings is 1. The third-order valence-electron chi connectivity index (χ3n) is 5.19. The molecule has 4 rings (SSSR count). The van der Waals surface area contributed by atoms with Crippen molar-refractivity contribution in [1.82, 2.24) is 4.90 Å². The summed E-state index contributed by atoms with van der Waals surface area (Å²) in [5.41, 5.74) is 2.76. The molecule has 0 saturated carbocycles. The van der Waals surface area contributed by atoms with E-state index < -0.39 is 0 Å². The lowest BCUT2D eigenvalue weighted by molar-refractivity contribution is -0.117. The van der Waals surface area contributed by atoms with Crippen LogP contribution < -0.4 is 4.90 Å². The molecule has 1 fully saturated rings. The number of halogens is 1. The molecule has 1 aromatic rings. The van der Waals surface area contributed by atoms with E-state index in [1.807, 2.05) is 23.1 Å². The average Bonchev–Trinajstić information content (AvgIpc) is 2.99. The fourth-order valence-corrected chi connectivity index (χ4v) is 4.44. The number of nitrogens with zero attached hydrogens (tertiary/aromatic N) is 3. The maximum Gasteiger partial charge on any atom is 0.232 e. The second kappa shape index (κ2) is 7.56. The number of morpholine rings is 1. The Morgan fingerprint density at radius 3 is 2.89 bits per heavy atom. The predicted molar refractivity (Wildman–Crippen MR) is 107 cm³/mol. The van der Waals surface area contributed by atoms with Gasteiger partial charge in [0.25, 0.3) is 0 Å². The average molecular weight is 432 g/mol. The van der Waals surface area contributed by atoms with E-state index in [-0.39, 0.29) is 30.6 Å². The summed E-state index contributed by atoms with van der Waals surface area (Å²) < 4.78 is 6.40. The van der Waals surface area contributed by atoms with Crippen LogP contribution in [0.1, 0.15) is 25.3 Å². The van der Waals surface area contributed by atoms with E-state index in [1.165, 1.54) is 0 Å². The van der Waals surface area contributed by atoms with Gasteiger partial charge in [-0.05, 0) is 31.0 Å². The van der Waals surface area contributed by atoms with Gasteiger partial charge in [-0.15, -0.1) is 0 Å². The molecular weight excluding hydrogens is 410 g/mol. The Labute approximate surface area is 167 Å². The highest BCUT2D eigenvalue weighted by Gasteiger charge is 2.33. The first kappa shape index (κ1) is 18.4. The van der Waals surface area contributed by atoms with Crippen molar-refractivity contribution >= 4 is 39.0 Å². The SMILES string of the molecule is C[C@@H]1Cc2c(Br)cccc2N1C(=O)CC1=NC(N2CCOCC2)=CC(=O)C1. The molecule has 7 heteroatoms. The number of ether oxygens (including phenoxy) is 1. The number of hydrogen-bond acceptors (Lipinski definition) is 5. The largest absolute Gasteiger partial charge is 0.378 e. The minimum absolute atomic E-state index is 0.00544. The smallest absolute Gasteiger partial charge is 0.232 e. The maximum atomic E-state index is 13.1. The van der Waals surface area contributed by atoms with Crippen LogP contribution in [0.15, 0.2) is 39.6 Å². The normalized spacial score (nSPS) is 22.4. The summed E-state index contributed by atoms with van der Waals surface area (Å²) in [5, 5.41) is 0. The summed E-state index contributed by atoms with van der Waals surface area (Å²) in [5.74, 6) is 0.663. The first-order valence-corrected chi connectivity index (χ1v) is 10.1. The Kier molecular flexibility index (Phi) is 5.14. The van der Waals surface area contributed by atoms with Gasteiger partial charge in [0.15, 0.2) is 5.78 Å². The lowest BCUT2D eigenvalue weighted by Crippen LogP contribution is -2.38. The van der Waals surface area contributed by atoms with Crippen molar-refractivity contribution in [2.24, 2.45) is 4.99 Å². The van der Waals surface area contributed by atoms with Crippen molar-refractivity contribution in [2.45, 2.75) is 32.2 Å². The minimum Gasteiger partial charge on any atom is -0.378 e. The molecule has 3 heterocycles. The molecular formula is C20H22BrN3O3. The third-order valence-corrected chi connectivity index (χ3v) is 5.94. The topological polar surface area (TPSA) is 62.2 Å². The van der Waals surface area contributed by atoms with Crippen LogP contribution in [-0.4, -0.2) is 54.6 Å². The van der Waals surface area contributed by atoms with Crippen LogP contribution in [0, 0.1) is 0 Å². The summed E-state index contributed by atoms with van der Waals surface area (Å²) in [4.78, 5) is 33.8. The fraction of sp³-hybridized carbons (Fsp3) is 0.450. The number of carbonyl (C=O) groups is 2. The Balaban J connectivity index is 1.53. The van der Waals surface area contributed by atoms with Gasteiger partial charge in [-0.25, -0.2) is 4.99 Å². The van der Waals surface area contributed by atoms with E-state index >= 15 is 0 Å². The molecule has 1 saturated heterocycles. The predicted octanol–water partition coefficient (Wildman–Crippen LogP) is 2.70. The molecule has 0 radical (unpaired) electrons. The molecule has 1 aromatic carbocycles. The van der Waals surface area contributed by atoms with Crippen LogP contribution in [0.25, 0.3) is 0 Å². The number of allylic oxidation sites excluding steroid dienone is 1. The first-order chi connectivity index (χ1) is 13.0. The van der Waals surface area contributed by atoms with E-state index in [0.717, 1.165) is 22.1 Å². The molecule has 0 aromatic heterocycles. The van der Waals surface area contributed by atoms with Gasteiger partial charge in [0.05, 0.1) is 19.6 Å². The monoisotopic (exact) mass is 431 g/mol. The molecule has 0 unspecified atom stereocenters. The standard InChI is InChI=1S/C20H22BrN3O3/c1-13-9-16-17(21)3-2-4-18(16)24(13)20(26)11-14-10-15(25)12-19(22-14)23-5-7-27-8-6-23/h2-4,12-13H,5-11H2,1H3/t13-/m1/s1. The molecule has 0 aliphatic carbocycles. The molecule has 0 spiro atoms. The molecule has 1 amide bonds. The van der Waals surface area contributed by atoms with E-state index in [2.05, 4.69) is 32.7 Å². The van der Waals surface area contributed by atoms with Gasteiger partial charge >= 0.3 is 0 Å². The Hall–Kier alpha value is -1.99. The fourth-order valence-electron chi connectivity index (χ4n) is 3.93. The second-order valence-electron chi connectivity index (χ2n) is 7.15. The van der Waals surface area contributed by atoms with Crippen molar-refractivity contribution in [1.29, 1.82) is 0 Å². The van der Waals surface area contributed by atoms with Crippen molar-refractivity contribution < 1.29 is 14.3 Å². The van der Waals surface area contributed by atoms with Gasteiger partial charge in [0, 0.05) is 47.5 Å². The lowest BCUT2D eigenvalue weighted by Gasteiger charge is -2.30. The summed E-state index contributed by atoms with van der Waals surface area (Å²) in [7, 11) is 0. The highest BCUT2D eigenvalue weighted by atomic mass is 79.9. The molecule has 27 heavy (non-hydrogen) atoms. The molecule has 0 N–H and O–H groups in total. The minimum atomic E-state index is -0.00544. The number of amides is 1. The first-order valence-electron chi connectivity index (χ1n) is 9.26. The van der Waals surface area contributed by atoms with Gasteiger partial charge in [0.2, 0.25) is 5.91 Å². The van der Waals surface area contributed by atoms with Gasteiger partial charge in [-0.3, -0.25) is 9.59 Å². The van der Waals surface area contributed by atoms with Gasteiger partial charge in [-0.1, -0.05) is 22.0 Å². The molecule has 0 bridgehead atoms. The van der Waals surface area contributed by atoms with Crippen LogP contribution in [0.5, 0.6) is 0 Å². The Morgan fingerprint density at radius 1 is 1.33 bits per heavy atom. The summed E-state index contributed by atoms with van der Waals surface area (Å²) >= 11 is 3.58. The number of carbonyl (C=O) groups excluding carboxylic acids is 2. The van der Waals surface area contributed by atoms with Crippen LogP contribution in [-0.2, 0) is 20.7 Å². The van der Waals surface area contributed by atoms with Crippen LogP contribution in [0.3, 0.4) is 0 Å². The lowest BCUT2D eigenvalue weighted by atomic mass is 10.1. The highest BCUT2D eigenvalue weighted by molar-refractivity contribution is 9.10. The molecule has 3 aliphatic rings. The quantitative estimate of drug-likeness (QED) is 0.737. The maximum absolute atomic E-state index is 13.1. The van der Waals surface area contributed by atoms with Crippen molar-refractivity contribution in [3.8, 4) is 0 Å². The summed E-state index contributed by atoms with van der Waals surface area (Å²) in [6.07, 6.45) is 2.80. The summed E-state index contributed by atoms with van der Waals surface area (Å²) in [6.45, 7) is 4.75. The Morgan fingerprint density at radius 2 is 2.11 bits per heavy atom. The highest BCUT2D eigenvalue weighted by Crippen LogP contribution is 2.37. The zero-order valence-electron chi connectivity index (χ0n) is 15.3. The van der Waals surface area contributed by atoms with Crippen molar-refractivity contribution in [3.63, 3.8) is 0 Å². The van der Waals surface area contributed by atoms with Gasteiger partial charge in [-0.2, -0.15) is 0 Å². The molecule has 142 valence electrons. The van der Waals surface area contributed by atoms with Crippen molar-refractivity contribution in [3.05, 3.63) is 40.1 Å². The van der Waals surface area contributed by atoms with E-state index in [4.69, 9.17) is 4.74 Å². The van der Waals surface area contributed by atoms with Crippen molar-refractivity contribution in [2.75, 3.05) is 31.2 Å². The van der Waals surface area contributed by atoms with E-state index in [1.54, 1.807) is 6.08 Å². The van der Waals surface area contributed by atoms with Gasteiger partial charge in [0.1, 0.15) is 5.82 Å². The Bertz CT molecular complexity index is 843. The molecule has 3 aliphatic heterocycles. The number of fused-ring (bicyclic) bond motifs is 1. The van der Waals surface area contributed by atoms with Crippen LogP contribution in [0.4, 0.5) is 5.69 Å². The number of rotatable bonds is 3. The number of aliphatic imine (C=N–C) groups is 1. The zero-order chi connectivity index (χ0) is 19.0. The number of anilines is 1.